The highest BCUT2D eigenvalue weighted by atomic mass is 32.2. The van der Waals surface area contributed by atoms with Gasteiger partial charge in [-0.3, -0.25) is 10.2 Å². The molecule has 40 heavy (non-hydrogen) atoms. The molecule has 1 atom stereocenters. The molecule has 0 aliphatic rings. The first-order valence-corrected chi connectivity index (χ1v) is 14.4. The summed E-state index contributed by atoms with van der Waals surface area (Å²) in [6.45, 7) is 0. The van der Waals surface area contributed by atoms with Crippen LogP contribution in [0.25, 0.3) is 21.9 Å². The highest BCUT2D eigenvalue weighted by molar-refractivity contribution is 7.90. The lowest BCUT2D eigenvalue weighted by Gasteiger charge is -2.20. The predicted octanol–water partition coefficient (Wildman–Crippen LogP) is 5.95. The number of fused-ring (bicyclic) bond motifs is 1. The number of ether oxygens (including phenoxy) is 1. The first kappa shape index (κ1) is 26.6. The fourth-order valence-corrected chi connectivity index (χ4v) is 5.38. The van der Waals surface area contributed by atoms with Crippen LogP contribution in [-0.4, -0.2) is 26.4 Å². The molecule has 1 amide bonds. The number of benzene rings is 5. The van der Waals surface area contributed by atoms with Gasteiger partial charge in [-0.2, -0.15) is 0 Å². The largest absolute Gasteiger partial charge is 0.476 e. The number of nitrogens with two attached hydrogens (primary N) is 1. The van der Waals surface area contributed by atoms with E-state index in [4.69, 9.17) is 15.9 Å². The van der Waals surface area contributed by atoms with Crippen molar-refractivity contribution in [3.05, 3.63) is 126 Å². The molecule has 200 valence electrons. The molecule has 0 saturated carbocycles. The lowest BCUT2D eigenvalue weighted by atomic mass is 10.0. The molecule has 4 N–H and O–H groups in total. The van der Waals surface area contributed by atoms with Crippen molar-refractivity contribution in [3.8, 4) is 16.9 Å². The van der Waals surface area contributed by atoms with Crippen molar-refractivity contribution in [1.82, 2.24) is 0 Å². The van der Waals surface area contributed by atoms with Gasteiger partial charge in [0.05, 0.1) is 4.90 Å². The van der Waals surface area contributed by atoms with Gasteiger partial charge in [-0.05, 0) is 52.7 Å². The fraction of sp³-hybridized carbons (Fsp3) is 0.0625. The van der Waals surface area contributed by atoms with E-state index < -0.39 is 15.9 Å². The molecule has 0 aliphatic carbocycles. The summed E-state index contributed by atoms with van der Waals surface area (Å²) in [5.74, 6) is 0.0959. The predicted molar refractivity (Wildman–Crippen MR) is 158 cm³/mol. The van der Waals surface area contributed by atoms with Gasteiger partial charge in [0.2, 0.25) is 6.10 Å². The Morgan fingerprint density at radius 2 is 1.50 bits per heavy atom. The summed E-state index contributed by atoms with van der Waals surface area (Å²) in [5.41, 5.74) is 8.79. The number of nitrogens with one attached hydrogen (secondary N) is 2. The van der Waals surface area contributed by atoms with Gasteiger partial charge in [-0.1, -0.05) is 78.9 Å². The Kier molecular flexibility index (Phi) is 7.35. The molecular weight excluding hydrogens is 522 g/mol. The van der Waals surface area contributed by atoms with E-state index in [0.29, 0.717) is 28.1 Å². The van der Waals surface area contributed by atoms with Crippen molar-refractivity contribution in [2.24, 2.45) is 5.73 Å². The highest BCUT2D eigenvalue weighted by Crippen LogP contribution is 2.30. The van der Waals surface area contributed by atoms with Gasteiger partial charge >= 0.3 is 0 Å². The molecule has 0 aromatic heterocycles. The van der Waals surface area contributed by atoms with E-state index in [0.717, 1.165) is 16.3 Å². The average Bonchev–Trinajstić information content (AvgIpc) is 2.96. The quantitative estimate of drug-likeness (QED) is 0.163. The van der Waals surface area contributed by atoms with Crippen LogP contribution < -0.4 is 15.8 Å². The monoisotopic (exact) mass is 549 g/mol. The van der Waals surface area contributed by atoms with E-state index in [2.05, 4.69) is 5.32 Å². The van der Waals surface area contributed by atoms with E-state index in [-0.39, 0.29) is 16.6 Å². The van der Waals surface area contributed by atoms with Crippen LogP contribution in [-0.2, 0) is 14.6 Å². The van der Waals surface area contributed by atoms with Crippen molar-refractivity contribution >= 4 is 38.0 Å². The fourth-order valence-electron chi connectivity index (χ4n) is 4.47. The zero-order valence-corrected chi connectivity index (χ0v) is 22.5. The van der Waals surface area contributed by atoms with Gasteiger partial charge in [-0.25, -0.2) is 8.42 Å². The molecule has 0 bridgehead atoms. The summed E-state index contributed by atoms with van der Waals surface area (Å²) in [6.07, 6.45) is 0.238. The van der Waals surface area contributed by atoms with Crippen LogP contribution in [0.15, 0.2) is 120 Å². The molecule has 0 spiro atoms. The number of carbonyl (C=O) groups excluding carboxylic acids is 1. The number of rotatable bonds is 8. The van der Waals surface area contributed by atoms with Crippen LogP contribution in [0.4, 0.5) is 5.69 Å². The summed E-state index contributed by atoms with van der Waals surface area (Å²) in [5, 5.41) is 12.4. The van der Waals surface area contributed by atoms with Crippen LogP contribution >= 0.6 is 0 Å². The van der Waals surface area contributed by atoms with Gasteiger partial charge in [0.1, 0.15) is 11.6 Å². The molecule has 5 rings (SSSR count). The summed E-state index contributed by atoms with van der Waals surface area (Å²) in [7, 11) is -3.41. The smallest absolute Gasteiger partial charge is 0.270 e. The second-order valence-corrected chi connectivity index (χ2v) is 11.4. The van der Waals surface area contributed by atoms with Crippen LogP contribution in [0.1, 0.15) is 17.2 Å². The topological polar surface area (TPSA) is 122 Å². The maximum atomic E-state index is 13.5. The lowest BCUT2D eigenvalue weighted by molar-refractivity contribution is -0.123. The van der Waals surface area contributed by atoms with Crippen molar-refractivity contribution in [2.75, 3.05) is 11.6 Å². The highest BCUT2D eigenvalue weighted by Gasteiger charge is 2.23. The number of amidine groups is 1. The second-order valence-electron chi connectivity index (χ2n) is 9.38. The number of hydrogen-bond acceptors (Lipinski definition) is 5. The maximum Gasteiger partial charge on any atom is 0.270 e. The molecular formula is C32H27N3O4S. The lowest BCUT2D eigenvalue weighted by Crippen LogP contribution is -2.25. The molecule has 0 heterocycles. The Morgan fingerprint density at radius 3 is 2.20 bits per heavy atom. The van der Waals surface area contributed by atoms with Gasteiger partial charge in [-0.15, -0.1) is 0 Å². The third kappa shape index (κ3) is 5.87. The van der Waals surface area contributed by atoms with Crippen LogP contribution in [0.2, 0.25) is 0 Å². The molecule has 0 saturated heterocycles. The molecule has 0 aliphatic heterocycles. The van der Waals surface area contributed by atoms with Gasteiger partial charge in [0.15, 0.2) is 9.84 Å². The summed E-state index contributed by atoms with van der Waals surface area (Å²) >= 11 is 0. The normalized spacial score (nSPS) is 12.0. The number of anilines is 1. The van der Waals surface area contributed by atoms with Gasteiger partial charge in [0.25, 0.3) is 5.91 Å². The molecule has 0 fully saturated rings. The van der Waals surface area contributed by atoms with Crippen molar-refractivity contribution < 1.29 is 17.9 Å². The van der Waals surface area contributed by atoms with Crippen molar-refractivity contribution in [2.45, 2.75) is 11.0 Å². The van der Waals surface area contributed by atoms with E-state index in [9.17, 15) is 13.2 Å². The number of nitrogen functional groups attached to an aromatic ring is 1. The molecule has 1 unspecified atom stereocenters. The van der Waals surface area contributed by atoms with E-state index in [1.54, 1.807) is 60.7 Å². The van der Waals surface area contributed by atoms with E-state index >= 15 is 0 Å². The van der Waals surface area contributed by atoms with Crippen LogP contribution in [0.5, 0.6) is 5.75 Å². The number of amides is 1. The van der Waals surface area contributed by atoms with Crippen LogP contribution in [0, 0.1) is 5.41 Å². The maximum absolute atomic E-state index is 13.5. The second kappa shape index (κ2) is 11.0. The standard InChI is InChI=1S/C32H27N3O4S/c1-40(37,38)29-10-6-5-9-28(29)22-13-16-26(17-14-22)35-32(36)30(23-7-3-2-4-8-23)39-27-18-15-21-11-12-24(31(33)34)19-25(21)20-27/h2-20,30H,1H3,(H3,33,34)(H,35,36). The Hall–Kier alpha value is -4.95. The SMILES string of the molecule is CS(=O)(=O)c1ccccc1-c1ccc(NC(=O)C(Oc2ccc3ccc(C(=N)N)cc3c2)c2ccccc2)cc1. The Labute approximate surface area is 232 Å². The zero-order valence-electron chi connectivity index (χ0n) is 21.7. The van der Waals surface area contributed by atoms with E-state index in [1.165, 1.54) is 6.26 Å². The number of carbonyl (C=O) groups is 1. The molecule has 8 heteroatoms. The summed E-state index contributed by atoms with van der Waals surface area (Å²) < 4.78 is 30.7. The van der Waals surface area contributed by atoms with Gasteiger partial charge < -0.3 is 15.8 Å². The minimum absolute atomic E-state index is 0.0272. The van der Waals surface area contributed by atoms with Crippen LogP contribution in [0.3, 0.4) is 0 Å². The third-order valence-corrected chi connectivity index (χ3v) is 7.62. The average molecular weight is 550 g/mol. The van der Waals surface area contributed by atoms with Gasteiger partial charge in [0, 0.05) is 28.6 Å². The number of sulfone groups is 1. The van der Waals surface area contributed by atoms with Crippen molar-refractivity contribution in [1.29, 1.82) is 5.41 Å². The molecule has 5 aromatic rings. The summed E-state index contributed by atoms with van der Waals surface area (Å²) in [4.78, 5) is 13.8. The Morgan fingerprint density at radius 1 is 0.825 bits per heavy atom. The van der Waals surface area contributed by atoms with E-state index in [1.807, 2.05) is 54.6 Å². The summed E-state index contributed by atoms with van der Waals surface area (Å²) in [6, 6.07) is 34.0. The molecule has 5 aromatic carbocycles. The molecule has 0 radical (unpaired) electrons. The minimum atomic E-state index is -3.41. The first-order chi connectivity index (χ1) is 19.2. The number of hydrogen-bond donors (Lipinski definition) is 3. The first-order valence-electron chi connectivity index (χ1n) is 12.5. The Bertz CT molecular complexity index is 1820. The minimum Gasteiger partial charge on any atom is -0.476 e. The third-order valence-electron chi connectivity index (χ3n) is 6.47. The molecule has 7 nitrogen and oxygen atoms in total. The zero-order chi connectivity index (χ0) is 28.3. The van der Waals surface area contributed by atoms with Crippen molar-refractivity contribution in [3.63, 3.8) is 0 Å². The Balaban J connectivity index is 1.41.